The highest BCUT2D eigenvalue weighted by atomic mass is 16.6. The van der Waals surface area contributed by atoms with Gasteiger partial charge in [-0.15, -0.1) is 0 Å². The number of rotatable bonds is 8. The Hall–Kier alpha value is -5.59. The summed E-state index contributed by atoms with van der Waals surface area (Å²) in [4.78, 5) is 45.6. The SMILES string of the molecule is O=C(N/N=C/c1cc([N+](=O)[O-])cc([N+](=O)[O-])c1O)/C(=C/c1ccccc1O)NC(=O)c1ccccc1. The number of hydrogen-bond donors (Lipinski definition) is 4. The van der Waals surface area contributed by atoms with Crippen LogP contribution in [0.1, 0.15) is 21.5 Å². The van der Waals surface area contributed by atoms with Crippen molar-refractivity contribution in [3.05, 3.63) is 109 Å². The van der Waals surface area contributed by atoms with Gasteiger partial charge >= 0.3 is 5.69 Å². The maximum atomic E-state index is 12.8. The zero-order valence-electron chi connectivity index (χ0n) is 18.2. The Kier molecular flexibility index (Phi) is 7.67. The molecule has 0 heterocycles. The quantitative estimate of drug-likeness (QED) is 0.160. The fourth-order valence-corrected chi connectivity index (χ4v) is 2.90. The summed E-state index contributed by atoms with van der Waals surface area (Å²) in [5.41, 5.74) is 0.179. The number of hydrogen-bond acceptors (Lipinski definition) is 9. The Morgan fingerprint density at radius 2 is 1.56 bits per heavy atom. The van der Waals surface area contributed by atoms with E-state index in [-0.39, 0.29) is 22.6 Å². The first-order chi connectivity index (χ1) is 17.2. The molecule has 13 heteroatoms. The number of nitrogens with zero attached hydrogens (tertiary/aromatic N) is 3. The van der Waals surface area contributed by atoms with E-state index >= 15 is 0 Å². The normalized spacial score (nSPS) is 11.2. The van der Waals surface area contributed by atoms with Gasteiger partial charge in [0.25, 0.3) is 17.5 Å². The van der Waals surface area contributed by atoms with Crippen molar-refractivity contribution in [1.29, 1.82) is 0 Å². The third-order valence-electron chi connectivity index (χ3n) is 4.65. The summed E-state index contributed by atoms with van der Waals surface area (Å²) in [5.74, 6) is -2.67. The molecule has 36 heavy (non-hydrogen) atoms. The van der Waals surface area contributed by atoms with E-state index in [9.17, 15) is 40.0 Å². The first-order valence-corrected chi connectivity index (χ1v) is 10.0. The van der Waals surface area contributed by atoms with Crippen molar-refractivity contribution in [2.45, 2.75) is 0 Å². The maximum Gasteiger partial charge on any atom is 0.318 e. The molecular weight excluding hydrogens is 474 g/mol. The fourth-order valence-electron chi connectivity index (χ4n) is 2.90. The van der Waals surface area contributed by atoms with Crippen LogP contribution in [0, 0.1) is 20.2 Å². The number of carbonyl (C=O) groups is 2. The number of phenols is 2. The van der Waals surface area contributed by atoms with Crippen LogP contribution in [0.4, 0.5) is 11.4 Å². The van der Waals surface area contributed by atoms with Crippen molar-refractivity contribution >= 4 is 35.5 Å². The molecule has 4 N–H and O–H groups in total. The number of aromatic hydroxyl groups is 2. The smallest absolute Gasteiger partial charge is 0.318 e. The number of amides is 2. The molecule has 0 bridgehead atoms. The predicted octanol–water partition coefficient (Wildman–Crippen LogP) is 2.84. The molecule has 0 aromatic heterocycles. The first-order valence-electron chi connectivity index (χ1n) is 10.0. The molecule has 0 unspecified atom stereocenters. The molecule has 182 valence electrons. The second kappa shape index (κ2) is 11.0. The highest BCUT2D eigenvalue weighted by molar-refractivity contribution is 6.05. The lowest BCUT2D eigenvalue weighted by molar-refractivity contribution is -0.394. The number of non-ortho nitro benzene ring substituents is 1. The Bertz CT molecular complexity index is 1400. The van der Waals surface area contributed by atoms with Crippen LogP contribution in [-0.4, -0.2) is 38.1 Å². The number of hydrazone groups is 1. The number of para-hydroxylation sites is 1. The number of nitro groups is 2. The van der Waals surface area contributed by atoms with Gasteiger partial charge in [0.1, 0.15) is 11.4 Å². The summed E-state index contributed by atoms with van der Waals surface area (Å²) in [6.45, 7) is 0. The summed E-state index contributed by atoms with van der Waals surface area (Å²) in [6, 6.07) is 15.4. The largest absolute Gasteiger partial charge is 0.507 e. The van der Waals surface area contributed by atoms with E-state index in [2.05, 4.69) is 15.8 Å². The standard InChI is InChI=1S/C23H17N5O8/c29-20-9-5-4-8-15(20)11-18(25-22(31)14-6-2-1-3-7-14)23(32)26-24-13-16-10-17(27(33)34)12-19(21(16)30)28(35)36/h1-13,29-30H,(H,25,31)(H,26,32)/b18-11-,24-13+. The molecule has 0 spiro atoms. The van der Waals surface area contributed by atoms with Crippen molar-refractivity contribution in [2.24, 2.45) is 5.10 Å². The monoisotopic (exact) mass is 491 g/mol. The van der Waals surface area contributed by atoms with Gasteiger partial charge in [0, 0.05) is 17.2 Å². The molecule has 0 radical (unpaired) electrons. The predicted molar refractivity (Wildman–Crippen MR) is 127 cm³/mol. The van der Waals surface area contributed by atoms with Crippen LogP contribution in [-0.2, 0) is 4.79 Å². The molecule has 0 fully saturated rings. The topological polar surface area (TPSA) is 197 Å². The molecule has 0 aliphatic carbocycles. The van der Waals surface area contributed by atoms with E-state index < -0.39 is 44.3 Å². The Balaban J connectivity index is 1.90. The lowest BCUT2D eigenvalue weighted by Gasteiger charge is -2.10. The van der Waals surface area contributed by atoms with Crippen molar-refractivity contribution in [1.82, 2.24) is 10.7 Å². The number of nitrogens with one attached hydrogen (secondary N) is 2. The van der Waals surface area contributed by atoms with Gasteiger partial charge in [-0.1, -0.05) is 36.4 Å². The third-order valence-corrected chi connectivity index (χ3v) is 4.65. The van der Waals surface area contributed by atoms with Gasteiger partial charge < -0.3 is 15.5 Å². The van der Waals surface area contributed by atoms with E-state index in [0.717, 1.165) is 12.3 Å². The fraction of sp³-hybridized carbons (Fsp3) is 0. The molecule has 2 amide bonds. The summed E-state index contributed by atoms with van der Waals surface area (Å²) >= 11 is 0. The van der Waals surface area contributed by atoms with Crippen LogP contribution in [0.15, 0.2) is 77.5 Å². The highest BCUT2D eigenvalue weighted by Crippen LogP contribution is 2.33. The van der Waals surface area contributed by atoms with Crippen LogP contribution in [0.25, 0.3) is 6.08 Å². The van der Waals surface area contributed by atoms with Gasteiger partial charge in [-0.3, -0.25) is 29.8 Å². The van der Waals surface area contributed by atoms with E-state index in [4.69, 9.17) is 0 Å². The second-order valence-electron chi connectivity index (χ2n) is 7.05. The van der Waals surface area contributed by atoms with Gasteiger partial charge in [-0.2, -0.15) is 5.10 Å². The summed E-state index contributed by atoms with van der Waals surface area (Å²) in [6.07, 6.45) is 1.96. The molecule has 0 aliphatic heterocycles. The Labute approximate surface area is 202 Å². The number of carbonyl (C=O) groups excluding carboxylic acids is 2. The summed E-state index contributed by atoms with van der Waals surface area (Å²) < 4.78 is 0. The van der Waals surface area contributed by atoms with Crippen molar-refractivity contribution in [3.8, 4) is 11.5 Å². The molecule has 13 nitrogen and oxygen atoms in total. The molecule has 3 aromatic rings. The zero-order chi connectivity index (χ0) is 26.2. The molecule has 0 saturated carbocycles. The average molecular weight is 491 g/mol. The molecular formula is C23H17N5O8. The number of phenolic OH excluding ortho intramolecular Hbond substituents is 2. The minimum Gasteiger partial charge on any atom is -0.507 e. The van der Waals surface area contributed by atoms with Crippen LogP contribution in [0.5, 0.6) is 11.5 Å². The number of nitro benzene ring substituents is 2. The van der Waals surface area contributed by atoms with E-state index in [1.165, 1.54) is 30.3 Å². The van der Waals surface area contributed by atoms with Gasteiger partial charge in [-0.25, -0.2) is 5.43 Å². The molecule has 3 aromatic carbocycles. The molecule has 0 aliphatic rings. The van der Waals surface area contributed by atoms with Crippen LogP contribution < -0.4 is 10.7 Å². The molecule has 3 rings (SSSR count). The van der Waals surface area contributed by atoms with Crippen molar-refractivity contribution < 1.29 is 29.6 Å². The Morgan fingerprint density at radius 1 is 0.889 bits per heavy atom. The van der Waals surface area contributed by atoms with E-state index in [1.807, 2.05) is 0 Å². The van der Waals surface area contributed by atoms with Gasteiger partial charge in [0.15, 0.2) is 0 Å². The third kappa shape index (κ3) is 6.05. The van der Waals surface area contributed by atoms with Gasteiger partial charge in [-0.05, 0) is 24.3 Å². The minimum absolute atomic E-state index is 0.172. The zero-order valence-corrected chi connectivity index (χ0v) is 18.2. The Morgan fingerprint density at radius 3 is 2.19 bits per heavy atom. The highest BCUT2D eigenvalue weighted by Gasteiger charge is 2.23. The molecule has 0 saturated heterocycles. The van der Waals surface area contributed by atoms with E-state index in [1.54, 1.807) is 30.3 Å². The average Bonchev–Trinajstić information content (AvgIpc) is 2.85. The lowest BCUT2D eigenvalue weighted by atomic mass is 10.1. The second-order valence-corrected chi connectivity index (χ2v) is 7.05. The van der Waals surface area contributed by atoms with Crippen LogP contribution in [0.2, 0.25) is 0 Å². The van der Waals surface area contributed by atoms with Crippen LogP contribution >= 0.6 is 0 Å². The summed E-state index contributed by atoms with van der Waals surface area (Å²) in [5, 5.41) is 48.2. The van der Waals surface area contributed by atoms with Gasteiger partial charge in [0.05, 0.1) is 27.7 Å². The maximum absolute atomic E-state index is 12.8. The van der Waals surface area contributed by atoms with Crippen molar-refractivity contribution in [2.75, 3.05) is 0 Å². The number of benzene rings is 3. The van der Waals surface area contributed by atoms with Crippen LogP contribution in [0.3, 0.4) is 0 Å². The van der Waals surface area contributed by atoms with Gasteiger partial charge in [0.2, 0.25) is 5.75 Å². The van der Waals surface area contributed by atoms with E-state index in [0.29, 0.717) is 6.07 Å². The van der Waals surface area contributed by atoms with Crippen molar-refractivity contribution in [3.63, 3.8) is 0 Å². The first kappa shape index (κ1) is 25.0. The minimum atomic E-state index is -1.01. The lowest BCUT2D eigenvalue weighted by Crippen LogP contribution is -2.32. The summed E-state index contributed by atoms with van der Waals surface area (Å²) in [7, 11) is 0. The molecule has 0 atom stereocenters.